The van der Waals surface area contributed by atoms with Crippen molar-refractivity contribution in [2.45, 2.75) is 53.0 Å². The molecule has 1 saturated heterocycles. The molecule has 0 spiro atoms. The van der Waals surface area contributed by atoms with Gasteiger partial charge in [-0.2, -0.15) is 0 Å². The largest absolute Gasteiger partial charge is 0.507 e. The maximum atomic E-state index is 13.3. The van der Waals surface area contributed by atoms with E-state index in [2.05, 4.69) is 20.8 Å². The Kier molecular flexibility index (Phi) is 6.32. The Labute approximate surface area is 205 Å². The van der Waals surface area contributed by atoms with Gasteiger partial charge >= 0.3 is 0 Å². The molecule has 1 aliphatic heterocycles. The fraction of sp³-hybridized carbons (Fsp3) is 0.310. The van der Waals surface area contributed by atoms with Crippen molar-refractivity contribution >= 4 is 23.1 Å². The number of aliphatic hydroxyl groups excluding tert-OH is 1. The van der Waals surface area contributed by atoms with E-state index in [9.17, 15) is 14.7 Å². The van der Waals surface area contributed by atoms with Crippen LogP contribution in [0.1, 0.15) is 61.9 Å². The average Bonchev–Trinajstić information content (AvgIpc) is 3.34. The van der Waals surface area contributed by atoms with Gasteiger partial charge in [-0.1, -0.05) is 38.5 Å². The second-order valence-corrected chi connectivity index (χ2v) is 9.85. The van der Waals surface area contributed by atoms with Crippen LogP contribution >= 0.6 is 0 Å². The summed E-state index contributed by atoms with van der Waals surface area (Å²) in [7, 11) is 0. The molecule has 2 aromatic carbocycles. The molecule has 1 aromatic heterocycles. The van der Waals surface area contributed by atoms with Crippen LogP contribution in [-0.4, -0.2) is 23.4 Å². The van der Waals surface area contributed by atoms with Crippen molar-refractivity contribution in [2.24, 2.45) is 0 Å². The maximum absolute atomic E-state index is 13.3. The van der Waals surface area contributed by atoms with Gasteiger partial charge in [-0.05, 0) is 68.7 Å². The van der Waals surface area contributed by atoms with Crippen LogP contribution < -0.4 is 9.64 Å². The third-order valence-corrected chi connectivity index (χ3v) is 6.15. The zero-order valence-corrected chi connectivity index (χ0v) is 21.0. The number of carbonyl (C=O) groups excluding carboxylic acids is 2. The highest BCUT2D eigenvalue weighted by Crippen LogP contribution is 2.43. The van der Waals surface area contributed by atoms with Gasteiger partial charge in [0, 0.05) is 16.8 Å². The molecule has 0 aliphatic carbocycles. The number of Topliss-reactive ketones (excluding diaryl/α,β-unsaturated/α-hetero) is 1. The number of hydrogen-bond donors (Lipinski definition) is 1. The van der Waals surface area contributed by atoms with Crippen molar-refractivity contribution in [1.82, 2.24) is 0 Å². The number of furan rings is 1. The molecule has 1 amide bonds. The number of aliphatic hydroxyl groups is 1. The van der Waals surface area contributed by atoms with E-state index in [1.165, 1.54) is 4.90 Å². The Balaban J connectivity index is 1.92. The van der Waals surface area contributed by atoms with Gasteiger partial charge in [-0.25, -0.2) is 0 Å². The van der Waals surface area contributed by atoms with Crippen LogP contribution in [-0.2, 0) is 15.0 Å². The van der Waals surface area contributed by atoms with Crippen molar-refractivity contribution in [3.8, 4) is 5.75 Å². The predicted octanol–water partition coefficient (Wildman–Crippen LogP) is 6.22. The number of anilines is 1. The number of aryl methyl sites for hydroxylation is 2. The van der Waals surface area contributed by atoms with Crippen LogP contribution in [0.5, 0.6) is 5.75 Å². The molecule has 0 radical (unpaired) electrons. The van der Waals surface area contributed by atoms with E-state index in [1.807, 2.05) is 32.0 Å². The standard InChI is InChI=1S/C29H31NO5/c1-7-34-22-15-11-19(16-21(22)29(4,5)6)26(31)24-25(23-14-10-18(3)35-23)30(28(33)27(24)32)20-12-8-17(2)9-13-20/h8-16,25,31H,7H2,1-6H3/b26-24-. The van der Waals surface area contributed by atoms with Crippen molar-refractivity contribution in [3.05, 3.63) is 88.4 Å². The third-order valence-electron chi connectivity index (χ3n) is 6.15. The van der Waals surface area contributed by atoms with Gasteiger partial charge in [0.2, 0.25) is 0 Å². The lowest BCUT2D eigenvalue weighted by molar-refractivity contribution is -0.132. The number of carbonyl (C=O) groups is 2. The first-order valence-corrected chi connectivity index (χ1v) is 11.7. The molecule has 0 saturated carbocycles. The van der Waals surface area contributed by atoms with Crippen molar-refractivity contribution in [2.75, 3.05) is 11.5 Å². The second-order valence-electron chi connectivity index (χ2n) is 9.85. The molecular weight excluding hydrogens is 442 g/mol. The molecule has 1 aliphatic rings. The third kappa shape index (κ3) is 4.48. The highest BCUT2D eigenvalue weighted by atomic mass is 16.5. The summed E-state index contributed by atoms with van der Waals surface area (Å²) < 4.78 is 11.7. The molecule has 3 aromatic rings. The molecule has 1 N–H and O–H groups in total. The highest BCUT2D eigenvalue weighted by Gasteiger charge is 2.48. The first-order valence-electron chi connectivity index (χ1n) is 11.7. The maximum Gasteiger partial charge on any atom is 0.300 e. The molecule has 6 heteroatoms. The SMILES string of the molecule is CCOc1ccc(/C(O)=C2/C(=O)C(=O)N(c3ccc(C)cc3)C2c2ccc(C)o2)cc1C(C)(C)C. The fourth-order valence-electron chi connectivity index (χ4n) is 4.37. The summed E-state index contributed by atoms with van der Waals surface area (Å²) in [4.78, 5) is 28.0. The van der Waals surface area contributed by atoms with E-state index >= 15 is 0 Å². The molecule has 0 bridgehead atoms. The number of rotatable bonds is 5. The van der Waals surface area contributed by atoms with Gasteiger partial charge in [0.1, 0.15) is 29.1 Å². The Morgan fingerprint density at radius 1 is 1.03 bits per heavy atom. The van der Waals surface area contributed by atoms with Gasteiger partial charge in [-0.3, -0.25) is 14.5 Å². The van der Waals surface area contributed by atoms with Gasteiger partial charge in [-0.15, -0.1) is 0 Å². The number of ketones is 1. The highest BCUT2D eigenvalue weighted by molar-refractivity contribution is 6.51. The van der Waals surface area contributed by atoms with Crippen molar-refractivity contribution in [1.29, 1.82) is 0 Å². The minimum absolute atomic E-state index is 0.00561. The predicted molar refractivity (Wildman–Crippen MR) is 136 cm³/mol. The Hall–Kier alpha value is -3.80. The molecule has 6 nitrogen and oxygen atoms in total. The van der Waals surface area contributed by atoms with Crippen molar-refractivity contribution in [3.63, 3.8) is 0 Å². The van der Waals surface area contributed by atoms with Crippen LogP contribution in [0.2, 0.25) is 0 Å². The van der Waals surface area contributed by atoms with Crippen LogP contribution in [0.3, 0.4) is 0 Å². The summed E-state index contributed by atoms with van der Waals surface area (Å²) in [5.41, 5.74) is 2.63. The van der Waals surface area contributed by atoms with Crippen LogP contribution in [0.4, 0.5) is 5.69 Å². The van der Waals surface area contributed by atoms with E-state index in [4.69, 9.17) is 9.15 Å². The Bertz CT molecular complexity index is 1310. The monoisotopic (exact) mass is 473 g/mol. The number of benzene rings is 2. The summed E-state index contributed by atoms with van der Waals surface area (Å²) in [6, 6.07) is 15.3. The Morgan fingerprint density at radius 2 is 1.71 bits per heavy atom. The second kappa shape index (κ2) is 9.10. The summed E-state index contributed by atoms with van der Waals surface area (Å²) in [5, 5.41) is 11.5. The number of ether oxygens (including phenoxy) is 1. The lowest BCUT2D eigenvalue weighted by Gasteiger charge is -2.25. The first kappa shape index (κ1) is 24.3. The van der Waals surface area contributed by atoms with Crippen molar-refractivity contribution < 1.29 is 23.8 Å². The van der Waals surface area contributed by atoms with Gasteiger partial charge in [0.05, 0.1) is 12.2 Å². The summed E-state index contributed by atoms with van der Waals surface area (Å²) >= 11 is 0. The van der Waals surface area contributed by atoms with E-state index in [0.29, 0.717) is 29.4 Å². The van der Waals surface area contributed by atoms with Gasteiger partial charge in [0.15, 0.2) is 0 Å². The smallest absolute Gasteiger partial charge is 0.300 e. The summed E-state index contributed by atoms with van der Waals surface area (Å²) in [6.45, 7) is 12.3. The number of nitrogens with zero attached hydrogens (tertiary/aromatic N) is 1. The summed E-state index contributed by atoms with van der Waals surface area (Å²) in [5.74, 6) is 0.0570. The Morgan fingerprint density at radius 3 is 2.29 bits per heavy atom. The van der Waals surface area contributed by atoms with Crippen LogP contribution in [0.25, 0.3) is 5.76 Å². The number of amides is 1. The molecule has 4 rings (SSSR count). The molecule has 1 unspecified atom stereocenters. The van der Waals surface area contributed by atoms with E-state index in [-0.39, 0.29) is 16.7 Å². The normalized spacial score (nSPS) is 17.8. The quantitative estimate of drug-likeness (QED) is 0.270. The van der Waals surface area contributed by atoms with Gasteiger partial charge in [0.25, 0.3) is 11.7 Å². The average molecular weight is 474 g/mol. The topological polar surface area (TPSA) is 80.0 Å². The molecule has 35 heavy (non-hydrogen) atoms. The van der Waals surface area contributed by atoms with Crippen LogP contribution in [0.15, 0.2) is 64.6 Å². The lowest BCUT2D eigenvalue weighted by Crippen LogP contribution is -2.29. The van der Waals surface area contributed by atoms with E-state index in [1.54, 1.807) is 43.3 Å². The van der Waals surface area contributed by atoms with Gasteiger partial charge < -0.3 is 14.3 Å². The zero-order chi connectivity index (χ0) is 25.5. The fourth-order valence-corrected chi connectivity index (χ4v) is 4.37. The number of hydrogen-bond acceptors (Lipinski definition) is 5. The first-order chi connectivity index (χ1) is 16.5. The molecule has 1 atom stereocenters. The van der Waals surface area contributed by atoms with E-state index in [0.717, 1.165) is 16.9 Å². The molecule has 2 heterocycles. The minimum Gasteiger partial charge on any atom is -0.507 e. The molecule has 182 valence electrons. The summed E-state index contributed by atoms with van der Waals surface area (Å²) in [6.07, 6.45) is 0. The zero-order valence-electron chi connectivity index (χ0n) is 21.0. The molecular formula is C29H31NO5. The minimum atomic E-state index is -0.893. The lowest BCUT2D eigenvalue weighted by atomic mass is 9.84. The molecule has 1 fully saturated rings. The van der Waals surface area contributed by atoms with Crippen LogP contribution in [0, 0.1) is 13.8 Å². The van der Waals surface area contributed by atoms with E-state index < -0.39 is 17.7 Å².